The highest BCUT2D eigenvalue weighted by atomic mass is 35.5. The van der Waals surface area contributed by atoms with Crippen molar-refractivity contribution in [2.24, 2.45) is 0 Å². The van der Waals surface area contributed by atoms with Gasteiger partial charge in [0.15, 0.2) is 5.56 Å². The molecule has 88 valence electrons. The summed E-state index contributed by atoms with van der Waals surface area (Å²) in [6.45, 7) is 1.99. The van der Waals surface area contributed by atoms with Crippen LogP contribution >= 0.6 is 11.6 Å². The summed E-state index contributed by atoms with van der Waals surface area (Å²) in [6, 6.07) is 0. The number of hydrogen-bond acceptors (Lipinski definition) is 3. The van der Waals surface area contributed by atoms with E-state index in [4.69, 9.17) is 21.1 Å². The van der Waals surface area contributed by atoms with Gasteiger partial charge in [0.2, 0.25) is 0 Å². The third kappa shape index (κ3) is 5.26. The first kappa shape index (κ1) is 12.6. The molecule has 0 amide bonds. The third-order valence-electron chi connectivity index (χ3n) is 2.55. The van der Waals surface area contributed by atoms with E-state index in [0.29, 0.717) is 6.42 Å². The van der Waals surface area contributed by atoms with Gasteiger partial charge >= 0.3 is 6.16 Å². The van der Waals surface area contributed by atoms with E-state index in [1.807, 2.05) is 6.92 Å². The maximum atomic E-state index is 11.3. The molecule has 1 saturated carbocycles. The molecule has 0 aromatic rings. The SMILES string of the molecule is CCCC(Cl)OC(=O)OC1CCCCC1. The minimum absolute atomic E-state index is 0.0387. The van der Waals surface area contributed by atoms with Gasteiger partial charge in [0.1, 0.15) is 6.10 Å². The van der Waals surface area contributed by atoms with E-state index in [1.165, 1.54) is 6.42 Å². The van der Waals surface area contributed by atoms with E-state index in [2.05, 4.69) is 0 Å². The zero-order valence-corrected chi connectivity index (χ0v) is 9.96. The molecule has 0 heterocycles. The maximum absolute atomic E-state index is 11.3. The molecule has 0 saturated heterocycles. The average Bonchev–Trinajstić information content (AvgIpc) is 2.19. The zero-order chi connectivity index (χ0) is 11.1. The second-order valence-corrected chi connectivity index (χ2v) is 4.43. The Morgan fingerprint density at radius 1 is 1.40 bits per heavy atom. The van der Waals surface area contributed by atoms with Crippen molar-refractivity contribution in [1.82, 2.24) is 0 Å². The third-order valence-corrected chi connectivity index (χ3v) is 2.86. The molecule has 0 aromatic carbocycles. The Morgan fingerprint density at radius 3 is 2.67 bits per heavy atom. The Hall–Kier alpha value is -0.440. The lowest BCUT2D eigenvalue weighted by atomic mass is 9.98. The fourth-order valence-corrected chi connectivity index (χ4v) is 2.03. The minimum atomic E-state index is -0.615. The monoisotopic (exact) mass is 234 g/mol. The largest absolute Gasteiger partial charge is 0.510 e. The van der Waals surface area contributed by atoms with Gasteiger partial charge in [0.05, 0.1) is 0 Å². The Morgan fingerprint density at radius 2 is 2.07 bits per heavy atom. The summed E-state index contributed by atoms with van der Waals surface area (Å²) in [7, 11) is 0. The number of halogens is 1. The van der Waals surface area contributed by atoms with Crippen molar-refractivity contribution in [2.45, 2.75) is 63.5 Å². The van der Waals surface area contributed by atoms with Crippen LogP contribution in [0, 0.1) is 0 Å². The predicted molar refractivity (Wildman–Crippen MR) is 59.0 cm³/mol. The molecule has 1 atom stereocenters. The van der Waals surface area contributed by atoms with Crippen LogP contribution in [0.3, 0.4) is 0 Å². The molecule has 1 aliphatic rings. The van der Waals surface area contributed by atoms with E-state index in [1.54, 1.807) is 0 Å². The molecule has 0 aromatic heterocycles. The summed E-state index contributed by atoms with van der Waals surface area (Å²) < 4.78 is 10.1. The maximum Gasteiger partial charge on any atom is 0.510 e. The highest BCUT2D eigenvalue weighted by Crippen LogP contribution is 2.21. The van der Waals surface area contributed by atoms with E-state index in [-0.39, 0.29) is 6.10 Å². The Balaban J connectivity index is 2.16. The predicted octanol–water partition coefficient (Wildman–Crippen LogP) is 3.84. The summed E-state index contributed by atoms with van der Waals surface area (Å²) in [5.41, 5.74) is -0.550. The fourth-order valence-electron chi connectivity index (χ4n) is 1.74. The average molecular weight is 235 g/mol. The molecule has 1 unspecified atom stereocenters. The van der Waals surface area contributed by atoms with Crippen LogP contribution in [0.1, 0.15) is 51.9 Å². The van der Waals surface area contributed by atoms with Crippen LogP contribution in [-0.2, 0) is 9.47 Å². The van der Waals surface area contributed by atoms with Crippen LogP contribution in [0.5, 0.6) is 0 Å². The van der Waals surface area contributed by atoms with Gasteiger partial charge in [0, 0.05) is 0 Å². The highest BCUT2D eigenvalue weighted by molar-refractivity contribution is 6.20. The topological polar surface area (TPSA) is 35.5 Å². The molecule has 0 spiro atoms. The zero-order valence-electron chi connectivity index (χ0n) is 9.21. The van der Waals surface area contributed by atoms with Gasteiger partial charge in [-0.1, -0.05) is 31.4 Å². The van der Waals surface area contributed by atoms with E-state index in [0.717, 1.165) is 32.1 Å². The number of carbonyl (C=O) groups excluding carboxylic acids is 1. The highest BCUT2D eigenvalue weighted by Gasteiger charge is 2.20. The van der Waals surface area contributed by atoms with Gasteiger partial charge < -0.3 is 9.47 Å². The van der Waals surface area contributed by atoms with E-state index < -0.39 is 11.7 Å². The molecular weight excluding hydrogens is 216 g/mol. The first-order chi connectivity index (χ1) is 7.22. The molecule has 3 nitrogen and oxygen atoms in total. The Labute approximate surface area is 96.1 Å². The van der Waals surface area contributed by atoms with Crippen LogP contribution in [0.2, 0.25) is 0 Å². The van der Waals surface area contributed by atoms with Gasteiger partial charge in [-0.2, -0.15) is 0 Å². The Bertz CT molecular complexity index is 190. The van der Waals surface area contributed by atoms with Crippen LogP contribution < -0.4 is 0 Å². The van der Waals surface area contributed by atoms with Gasteiger partial charge in [-0.3, -0.25) is 0 Å². The second-order valence-electron chi connectivity index (χ2n) is 3.94. The van der Waals surface area contributed by atoms with E-state index in [9.17, 15) is 4.79 Å². The van der Waals surface area contributed by atoms with Gasteiger partial charge in [-0.15, -0.1) is 0 Å². The second kappa shape index (κ2) is 6.94. The lowest BCUT2D eigenvalue weighted by molar-refractivity contribution is 0.00343. The molecule has 0 bridgehead atoms. The molecular formula is C11H19ClO3. The van der Waals surface area contributed by atoms with Crippen LogP contribution in [-0.4, -0.2) is 17.8 Å². The first-order valence-corrected chi connectivity index (χ1v) is 6.17. The summed E-state index contributed by atoms with van der Waals surface area (Å²) in [4.78, 5) is 11.3. The lowest BCUT2D eigenvalue weighted by Crippen LogP contribution is -2.23. The van der Waals surface area contributed by atoms with Crippen LogP contribution in [0.15, 0.2) is 0 Å². The molecule has 0 N–H and O–H groups in total. The number of hydrogen-bond donors (Lipinski definition) is 0. The van der Waals surface area contributed by atoms with Gasteiger partial charge in [-0.25, -0.2) is 4.79 Å². The number of alkyl halides is 1. The van der Waals surface area contributed by atoms with Crippen molar-refractivity contribution in [3.63, 3.8) is 0 Å². The Kier molecular flexibility index (Phi) is 5.84. The number of rotatable bonds is 4. The summed E-state index contributed by atoms with van der Waals surface area (Å²) in [5.74, 6) is 0. The standard InChI is InChI=1S/C11H19ClO3/c1-2-6-10(12)15-11(13)14-9-7-4-3-5-8-9/h9-10H,2-8H2,1H3. The van der Waals surface area contributed by atoms with Crippen molar-refractivity contribution in [3.05, 3.63) is 0 Å². The summed E-state index contributed by atoms with van der Waals surface area (Å²) in [5, 5.41) is 0. The number of ether oxygens (including phenoxy) is 2. The van der Waals surface area contributed by atoms with Crippen molar-refractivity contribution in [3.8, 4) is 0 Å². The van der Waals surface area contributed by atoms with Gasteiger partial charge in [-0.05, 0) is 32.1 Å². The van der Waals surface area contributed by atoms with Crippen molar-refractivity contribution < 1.29 is 14.3 Å². The van der Waals surface area contributed by atoms with Crippen LogP contribution in [0.25, 0.3) is 0 Å². The fraction of sp³-hybridized carbons (Fsp3) is 0.909. The normalized spacial score (nSPS) is 19.6. The summed E-state index contributed by atoms with van der Waals surface area (Å²) >= 11 is 5.77. The number of carbonyl (C=O) groups is 1. The molecule has 1 rings (SSSR count). The summed E-state index contributed by atoms with van der Waals surface area (Å²) in [6.07, 6.45) is 6.40. The molecule has 15 heavy (non-hydrogen) atoms. The molecule has 0 radical (unpaired) electrons. The van der Waals surface area contributed by atoms with Crippen molar-refractivity contribution in [2.75, 3.05) is 0 Å². The van der Waals surface area contributed by atoms with Crippen molar-refractivity contribution in [1.29, 1.82) is 0 Å². The van der Waals surface area contributed by atoms with Gasteiger partial charge in [0.25, 0.3) is 0 Å². The van der Waals surface area contributed by atoms with Crippen LogP contribution in [0.4, 0.5) is 4.79 Å². The molecule has 1 fully saturated rings. The minimum Gasteiger partial charge on any atom is -0.431 e. The van der Waals surface area contributed by atoms with Crippen molar-refractivity contribution >= 4 is 17.8 Å². The smallest absolute Gasteiger partial charge is 0.431 e. The van der Waals surface area contributed by atoms with E-state index >= 15 is 0 Å². The lowest BCUT2D eigenvalue weighted by Gasteiger charge is -2.21. The molecule has 0 aliphatic heterocycles. The first-order valence-electron chi connectivity index (χ1n) is 5.73. The molecule has 1 aliphatic carbocycles. The molecule has 4 heteroatoms. The quantitative estimate of drug-likeness (QED) is 0.548.